The number of nitriles is 1. The predicted octanol–water partition coefficient (Wildman–Crippen LogP) is 3.53. The summed E-state index contributed by atoms with van der Waals surface area (Å²) in [7, 11) is 0. The molecule has 0 fully saturated rings. The van der Waals surface area contributed by atoms with E-state index in [1.807, 2.05) is 6.07 Å². The van der Waals surface area contributed by atoms with E-state index in [1.54, 1.807) is 24.3 Å². The Morgan fingerprint density at radius 1 is 1.35 bits per heavy atom. The second-order valence-corrected chi connectivity index (χ2v) is 5.71. The zero-order valence-electron chi connectivity index (χ0n) is 13.4. The largest absolute Gasteiger partial charge is 0.484 e. The van der Waals surface area contributed by atoms with Crippen LogP contribution in [0.4, 0.5) is 13.2 Å². The quantitative estimate of drug-likeness (QED) is 0.832. The SMILES string of the molecule is N#Cc1cccc2c1OCC(c1cncc(CCC(=O)C(F)(F)F)c1)O2. The van der Waals surface area contributed by atoms with Crippen molar-refractivity contribution >= 4 is 5.78 Å². The summed E-state index contributed by atoms with van der Waals surface area (Å²) >= 11 is 0. The van der Waals surface area contributed by atoms with Gasteiger partial charge in [0.15, 0.2) is 17.6 Å². The topological polar surface area (TPSA) is 72.2 Å². The number of hydrogen-bond acceptors (Lipinski definition) is 5. The summed E-state index contributed by atoms with van der Waals surface area (Å²) in [5.41, 5.74) is 1.48. The van der Waals surface area contributed by atoms with Gasteiger partial charge in [0, 0.05) is 24.4 Å². The summed E-state index contributed by atoms with van der Waals surface area (Å²) in [4.78, 5) is 15.0. The summed E-state index contributed by atoms with van der Waals surface area (Å²) in [6, 6.07) is 8.61. The minimum Gasteiger partial charge on any atom is -0.484 e. The molecular formula is C18H13F3N2O3. The van der Waals surface area contributed by atoms with Gasteiger partial charge in [0.1, 0.15) is 12.7 Å². The van der Waals surface area contributed by atoms with Crippen LogP contribution in [0, 0.1) is 11.3 Å². The van der Waals surface area contributed by atoms with Gasteiger partial charge < -0.3 is 9.47 Å². The first-order valence-electron chi connectivity index (χ1n) is 7.75. The number of aromatic nitrogens is 1. The van der Waals surface area contributed by atoms with E-state index in [9.17, 15) is 18.0 Å². The molecular weight excluding hydrogens is 349 g/mol. The third-order valence-corrected chi connectivity index (χ3v) is 3.89. The minimum absolute atomic E-state index is 0.0675. The first-order valence-corrected chi connectivity index (χ1v) is 7.75. The first kappa shape index (κ1) is 17.7. The lowest BCUT2D eigenvalue weighted by atomic mass is 10.0. The predicted molar refractivity (Wildman–Crippen MR) is 83.6 cm³/mol. The molecule has 0 saturated carbocycles. The number of ketones is 1. The number of fused-ring (bicyclic) bond motifs is 1. The average Bonchev–Trinajstić information content (AvgIpc) is 2.64. The lowest BCUT2D eigenvalue weighted by Gasteiger charge is -2.27. The van der Waals surface area contributed by atoms with Crippen LogP contribution in [0.5, 0.6) is 11.5 Å². The summed E-state index contributed by atoms with van der Waals surface area (Å²) in [5.74, 6) is -0.984. The Morgan fingerprint density at radius 2 is 2.15 bits per heavy atom. The summed E-state index contributed by atoms with van der Waals surface area (Å²) in [6.07, 6.45) is -3.09. The molecule has 0 spiro atoms. The smallest absolute Gasteiger partial charge is 0.449 e. The van der Waals surface area contributed by atoms with E-state index in [1.165, 1.54) is 12.4 Å². The number of alkyl halides is 3. The van der Waals surface area contributed by atoms with Crippen LogP contribution in [-0.4, -0.2) is 23.6 Å². The number of para-hydroxylation sites is 1. The molecule has 1 unspecified atom stereocenters. The van der Waals surface area contributed by atoms with Crippen molar-refractivity contribution in [3.63, 3.8) is 0 Å². The van der Waals surface area contributed by atoms with Crippen LogP contribution in [0.3, 0.4) is 0 Å². The van der Waals surface area contributed by atoms with Gasteiger partial charge in [-0.2, -0.15) is 18.4 Å². The summed E-state index contributed by atoms with van der Waals surface area (Å²) in [6.45, 7) is 0.137. The molecule has 1 aliphatic rings. The molecule has 1 aliphatic heterocycles. The van der Waals surface area contributed by atoms with Crippen molar-refractivity contribution in [3.05, 3.63) is 53.3 Å². The van der Waals surface area contributed by atoms with E-state index in [2.05, 4.69) is 4.98 Å². The highest BCUT2D eigenvalue weighted by atomic mass is 19.4. The van der Waals surface area contributed by atoms with Crippen LogP contribution in [0.1, 0.15) is 29.2 Å². The average molecular weight is 362 g/mol. The van der Waals surface area contributed by atoms with Crippen LogP contribution in [0.25, 0.3) is 0 Å². The standard InChI is InChI=1S/C18H13F3N2O3/c19-18(20,21)16(24)5-4-11-6-13(9-23-8-11)15-10-25-17-12(7-22)2-1-3-14(17)26-15/h1-3,6,8-9,15H,4-5,10H2. The number of benzene rings is 1. The number of ether oxygens (including phenoxy) is 2. The van der Waals surface area contributed by atoms with Gasteiger partial charge >= 0.3 is 6.18 Å². The van der Waals surface area contributed by atoms with E-state index >= 15 is 0 Å². The molecule has 0 amide bonds. The third kappa shape index (κ3) is 3.77. The van der Waals surface area contributed by atoms with Gasteiger partial charge in [-0.3, -0.25) is 9.78 Å². The molecule has 5 nitrogen and oxygen atoms in total. The van der Waals surface area contributed by atoms with Gasteiger partial charge in [0.2, 0.25) is 5.78 Å². The molecule has 2 aromatic rings. The van der Waals surface area contributed by atoms with Crippen molar-refractivity contribution in [1.82, 2.24) is 4.98 Å². The van der Waals surface area contributed by atoms with Gasteiger partial charge in [0.05, 0.1) is 5.56 Å². The number of rotatable bonds is 4. The van der Waals surface area contributed by atoms with Crippen LogP contribution < -0.4 is 9.47 Å². The van der Waals surface area contributed by atoms with E-state index in [-0.39, 0.29) is 13.0 Å². The number of Topliss-reactive ketones (excluding diaryl/α,β-unsaturated/α-hetero) is 1. The second kappa shape index (κ2) is 7.04. The van der Waals surface area contributed by atoms with Crippen molar-refractivity contribution in [1.29, 1.82) is 5.26 Å². The van der Waals surface area contributed by atoms with E-state index in [0.29, 0.717) is 28.2 Å². The molecule has 1 aromatic carbocycles. The van der Waals surface area contributed by atoms with Crippen LogP contribution in [-0.2, 0) is 11.2 Å². The molecule has 1 atom stereocenters. The molecule has 0 N–H and O–H groups in total. The Morgan fingerprint density at radius 3 is 2.88 bits per heavy atom. The van der Waals surface area contributed by atoms with Crippen molar-refractivity contribution in [2.45, 2.75) is 25.1 Å². The fourth-order valence-corrected chi connectivity index (χ4v) is 2.58. The van der Waals surface area contributed by atoms with Crippen molar-refractivity contribution in [2.24, 2.45) is 0 Å². The molecule has 0 saturated heterocycles. The van der Waals surface area contributed by atoms with Gasteiger partial charge in [0.25, 0.3) is 0 Å². The fraction of sp³-hybridized carbons (Fsp3) is 0.278. The van der Waals surface area contributed by atoms with Crippen molar-refractivity contribution in [3.8, 4) is 17.6 Å². The molecule has 3 rings (SSSR count). The lowest BCUT2D eigenvalue weighted by molar-refractivity contribution is -0.171. The van der Waals surface area contributed by atoms with Crippen molar-refractivity contribution in [2.75, 3.05) is 6.61 Å². The second-order valence-electron chi connectivity index (χ2n) is 5.71. The number of carbonyl (C=O) groups is 1. The van der Waals surface area contributed by atoms with Gasteiger partial charge in [-0.15, -0.1) is 0 Å². The van der Waals surface area contributed by atoms with Crippen LogP contribution in [0.2, 0.25) is 0 Å². The molecule has 26 heavy (non-hydrogen) atoms. The zero-order valence-corrected chi connectivity index (χ0v) is 13.4. The molecule has 0 bridgehead atoms. The van der Waals surface area contributed by atoms with Crippen LogP contribution >= 0.6 is 0 Å². The van der Waals surface area contributed by atoms with Gasteiger partial charge in [-0.25, -0.2) is 0 Å². The number of carbonyl (C=O) groups excluding carboxylic acids is 1. The number of aryl methyl sites for hydroxylation is 1. The van der Waals surface area contributed by atoms with Crippen LogP contribution in [0.15, 0.2) is 36.7 Å². The Balaban J connectivity index is 1.73. The summed E-state index contributed by atoms with van der Waals surface area (Å²) < 4.78 is 48.3. The highest BCUT2D eigenvalue weighted by Gasteiger charge is 2.37. The molecule has 134 valence electrons. The summed E-state index contributed by atoms with van der Waals surface area (Å²) in [5, 5.41) is 9.07. The maximum atomic E-state index is 12.3. The maximum Gasteiger partial charge on any atom is 0.449 e. The van der Waals surface area contributed by atoms with Crippen molar-refractivity contribution < 1.29 is 27.4 Å². The third-order valence-electron chi connectivity index (χ3n) is 3.89. The number of pyridine rings is 1. The Kier molecular flexibility index (Phi) is 4.80. The number of halogens is 3. The molecule has 2 heterocycles. The Bertz CT molecular complexity index is 875. The minimum atomic E-state index is -4.83. The highest BCUT2D eigenvalue weighted by molar-refractivity contribution is 5.84. The normalized spacial score (nSPS) is 16.0. The van der Waals surface area contributed by atoms with Gasteiger partial charge in [-0.05, 0) is 30.2 Å². The van der Waals surface area contributed by atoms with E-state index in [4.69, 9.17) is 14.7 Å². The monoisotopic (exact) mass is 362 g/mol. The van der Waals surface area contributed by atoms with E-state index < -0.39 is 24.5 Å². The molecule has 8 heteroatoms. The number of hydrogen-bond donors (Lipinski definition) is 0. The Labute approximate surface area is 147 Å². The fourth-order valence-electron chi connectivity index (χ4n) is 2.58. The van der Waals surface area contributed by atoms with E-state index in [0.717, 1.165) is 0 Å². The molecule has 0 radical (unpaired) electrons. The first-order chi connectivity index (χ1) is 12.4. The number of nitrogens with zero attached hydrogens (tertiary/aromatic N) is 2. The maximum absolute atomic E-state index is 12.3. The zero-order chi connectivity index (χ0) is 18.7. The van der Waals surface area contributed by atoms with Gasteiger partial charge in [-0.1, -0.05) is 6.07 Å². The lowest BCUT2D eigenvalue weighted by Crippen LogP contribution is -2.23. The molecule has 0 aliphatic carbocycles. The highest BCUT2D eigenvalue weighted by Crippen LogP contribution is 2.38. The molecule has 1 aromatic heterocycles. The Hall–Kier alpha value is -3.08.